The van der Waals surface area contributed by atoms with Crippen LogP contribution in [0.2, 0.25) is 0 Å². The number of aryl methyl sites for hydroxylation is 1. The van der Waals surface area contributed by atoms with Gasteiger partial charge < -0.3 is 4.57 Å². The van der Waals surface area contributed by atoms with Crippen LogP contribution in [0.15, 0.2) is 30.3 Å². The predicted molar refractivity (Wildman–Crippen MR) is 69.6 cm³/mol. The van der Waals surface area contributed by atoms with Gasteiger partial charge in [0.25, 0.3) is 0 Å². The minimum absolute atomic E-state index is 0.658. The van der Waals surface area contributed by atoms with Gasteiger partial charge in [0.2, 0.25) is 0 Å². The number of nitriles is 1. The standard InChI is InChI=1S/C15H14N2O/c1-11-6-15(10-18)12(2)17(11)9-14-5-3-4-13(7-14)8-16/h3-7,10H,9H2,1-2H3. The van der Waals surface area contributed by atoms with Crippen LogP contribution < -0.4 is 0 Å². The number of aromatic nitrogens is 1. The first-order valence-electron chi connectivity index (χ1n) is 5.76. The Labute approximate surface area is 106 Å². The molecule has 3 nitrogen and oxygen atoms in total. The molecule has 0 aliphatic carbocycles. The van der Waals surface area contributed by atoms with Gasteiger partial charge in [-0.1, -0.05) is 12.1 Å². The zero-order chi connectivity index (χ0) is 13.1. The van der Waals surface area contributed by atoms with Crippen molar-refractivity contribution in [2.75, 3.05) is 0 Å². The molecule has 1 aromatic heterocycles. The highest BCUT2D eigenvalue weighted by atomic mass is 16.1. The first-order chi connectivity index (χ1) is 8.65. The second-order valence-corrected chi connectivity index (χ2v) is 4.34. The first-order valence-corrected chi connectivity index (χ1v) is 5.76. The second kappa shape index (κ2) is 4.89. The van der Waals surface area contributed by atoms with E-state index in [1.54, 1.807) is 6.07 Å². The third-order valence-corrected chi connectivity index (χ3v) is 3.14. The van der Waals surface area contributed by atoms with Crippen molar-refractivity contribution < 1.29 is 4.79 Å². The van der Waals surface area contributed by atoms with E-state index in [-0.39, 0.29) is 0 Å². The summed E-state index contributed by atoms with van der Waals surface area (Å²) in [5, 5.41) is 8.88. The summed E-state index contributed by atoms with van der Waals surface area (Å²) in [7, 11) is 0. The van der Waals surface area contributed by atoms with Crippen LogP contribution in [0.1, 0.15) is 32.9 Å². The highest BCUT2D eigenvalue weighted by Gasteiger charge is 2.08. The number of hydrogen-bond donors (Lipinski definition) is 0. The molecule has 0 atom stereocenters. The van der Waals surface area contributed by atoms with Crippen molar-refractivity contribution in [2.24, 2.45) is 0 Å². The minimum Gasteiger partial charge on any atom is -0.344 e. The van der Waals surface area contributed by atoms with Crippen LogP contribution in [0.5, 0.6) is 0 Å². The molecular weight excluding hydrogens is 224 g/mol. The summed E-state index contributed by atoms with van der Waals surface area (Å²) in [6.45, 7) is 4.60. The van der Waals surface area contributed by atoms with Gasteiger partial charge in [-0.25, -0.2) is 0 Å². The Hall–Kier alpha value is -2.34. The summed E-state index contributed by atoms with van der Waals surface area (Å²) in [4.78, 5) is 10.9. The van der Waals surface area contributed by atoms with Crippen molar-refractivity contribution in [2.45, 2.75) is 20.4 Å². The molecular formula is C15H14N2O. The number of aldehydes is 1. The van der Waals surface area contributed by atoms with Gasteiger partial charge in [-0.3, -0.25) is 4.79 Å². The molecule has 0 saturated heterocycles. The second-order valence-electron chi connectivity index (χ2n) is 4.34. The van der Waals surface area contributed by atoms with E-state index in [0.717, 1.165) is 28.8 Å². The molecule has 0 aliphatic heterocycles. The first kappa shape index (κ1) is 12.1. The molecule has 0 N–H and O–H groups in total. The fraction of sp³-hybridized carbons (Fsp3) is 0.200. The predicted octanol–water partition coefficient (Wildman–Crippen LogP) is 2.84. The van der Waals surface area contributed by atoms with E-state index < -0.39 is 0 Å². The van der Waals surface area contributed by atoms with Gasteiger partial charge in [0, 0.05) is 23.5 Å². The van der Waals surface area contributed by atoms with Crippen LogP contribution in [0.4, 0.5) is 0 Å². The molecule has 0 unspecified atom stereocenters. The summed E-state index contributed by atoms with van der Waals surface area (Å²) in [6.07, 6.45) is 0.879. The average Bonchev–Trinajstić information content (AvgIpc) is 2.66. The number of nitrogens with zero attached hydrogens (tertiary/aromatic N) is 2. The van der Waals surface area contributed by atoms with Crippen LogP contribution in [-0.4, -0.2) is 10.9 Å². The van der Waals surface area contributed by atoms with E-state index in [9.17, 15) is 4.79 Å². The Morgan fingerprint density at radius 1 is 1.33 bits per heavy atom. The van der Waals surface area contributed by atoms with Gasteiger partial charge in [-0.2, -0.15) is 5.26 Å². The number of carbonyl (C=O) groups excluding carboxylic acids is 1. The van der Waals surface area contributed by atoms with Crippen LogP contribution >= 0.6 is 0 Å². The molecule has 90 valence electrons. The SMILES string of the molecule is Cc1cc(C=O)c(C)n1Cc1cccc(C#N)c1. The van der Waals surface area contributed by atoms with Gasteiger partial charge in [0.15, 0.2) is 6.29 Å². The summed E-state index contributed by atoms with van der Waals surface area (Å²) < 4.78 is 2.08. The van der Waals surface area contributed by atoms with Crippen molar-refractivity contribution in [3.8, 4) is 6.07 Å². The summed E-state index contributed by atoms with van der Waals surface area (Å²) in [5.74, 6) is 0. The molecule has 2 rings (SSSR count). The van der Waals surface area contributed by atoms with E-state index in [1.807, 2.05) is 38.1 Å². The van der Waals surface area contributed by atoms with E-state index in [1.165, 1.54) is 0 Å². The molecule has 0 bridgehead atoms. The third kappa shape index (κ3) is 2.18. The number of rotatable bonds is 3. The molecule has 1 heterocycles. The Morgan fingerprint density at radius 3 is 2.72 bits per heavy atom. The maximum Gasteiger partial charge on any atom is 0.151 e. The van der Waals surface area contributed by atoms with Crippen LogP contribution in [0, 0.1) is 25.2 Å². The molecule has 2 aromatic rings. The lowest BCUT2D eigenvalue weighted by Gasteiger charge is -2.09. The fourth-order valence-electron chi connectivity index (χ4n) is 2.11. The molecule has 0 radical (unpaired) electrons. The van der Waals surface area contributed by atoms with Gasteiger partial charge in [-0.15, -0.1) is 0 Å². The highest BCUT2D eigenvalue weighted by molar-refractivity contribution is 5.77. The normalized spacial score (nSPS) is 10.1. The smallest absolute Gasteiger partial charge is 0.151 e. The molecule has 0 saturated carbocycles. The molecule has 0 fully saturated rings. The quantitative estimate of drug-likeness (QED) is 0.772. The monoisotopic (exact) mass is 238 g/mol. The van der Waals surface area contributed by atoms with Gasteiger partial charge in [0.05, 0.1) is 11.6 Å². The molecule has 0 amide bonds. The summed E-state index contributed by atoms with van der Waals surface area (Å²) in [5.41, 5.74) is 4.46. The summed E-state index contributed by atoms with van der Waals surface area (Å²) in [6, 6.07) is 11.5. The molecule has 0 spiro atoms. The highest BCUT2D eigenvalue weighted by Crippen LogP contribution is 2.16. The fourth-order valence-corrected chi connectivity index (χ4v) is 2.11. The maximum absolute atomic E-state index is 10.9. The van der Waals surface area contributed by atoms with Gasteiger partial charge in [0.1, 0.15) is 0 Å². The van der Waals surface area contributed by atoms with Crippen molar-refractivity contribution in [1.29, 1.82) is 5.26 Å². The van der Waals surface area contributed by atoms with Crippen LogP contribution in [-0.2, 0) is 6.54 Å². The van der Waals surface area contributed by atoms with E-state index in [0.29, 0.717) is 12.1 Å². The van der Waals surface area contributed by atoms with Crippen LogP contribution in [0.25, 0.3) is 0 Å². The maximum atomic E-state index is 10.9. The van der Waals surface area contributed by atoms with Crippen molar-refractivity contribution in [1.82, 2.24) is 4.57 Å². The molecule has 3 heteroatoms. The van der Waals surface area contributed by atoms with Crippen molar-refractivity contribution in [3.63, 3.8) is 0 Å². The lowest BCUT2D eigenvalue weighted by atomic mass is 10.1. The number of benzene rings is 1. The number of carbonyl (C=O) groups is 1. The van der Waals surface area contributed by atoms with E-state index in [2.05, 4.69) is 10.6 Å². The molecule has 1 aromatic carbocycles. The third-order valence-electron chi connectivity index (χ3n) is 3.14. The van der Waals surface area contributed by atoms with Crippen molar-refractivity contribution in [3.05, 3.63) is 58.4 Å². The van der Waals surface area contributed by atoms with E-state index >= 15 is 0 Å². The van der Waals surface area contributed by atoms with E-state index in [4.69, 9.17) is 5.26 Å². The Bertz CT molecular complexity index is 632. The Kier molecular flexibility index (Phi) is 3.29. The average molecular weight is 238 g/mol. The number of hydrogen-bond acceptors (Lipinski definition) is 2. The lowest BCUT2D eigenvalue weighted by Crippen LogP contribution is -2.04. The Morgan fingerprint density at radius 2 is 2.11 bits per heavy atom. The van der Waals surface area contributed by atoms with Gasteiger partial charge >= 0.3 is 0 Å². The zero-order valence-electron chi connectivity index (χ0n) is 10.5. The topological polar surface area (TPSA) is 45.8 Å². The largest absolute Gasteiger partial charge is 0.344 e. The minimum atomic E-state index is 0.658. The molecule has 0 aliphatic rings. The van der Waals surface area contributed by atoms with Crippen molar-refractivity contribution >= 4 is 6.29 Å². The van der Waals surface area contributed by atoms with Gasteiger partial charge in [-0.05, 0) is 37.6 Å². The molecule has 18 heavy (non-hydrogen) atoms. The zero-order valence-corrected chi connectivity index (χ0v) is 10.5. The lowest BCUT2D eigenvalue weighted by molar-refractivity contribution is 0.112. The van der Waals surface area contributed by atoms with Crippen LogP contribution in [0.3, 0.4) is 0 Å². The summed E-state index contributed by atoms with van der Waals surface area (Å²) >= 11 is 0. The Balaban J connectivity index is 2.37.